The van der Waals surface area contributed by atoms with Gasteiger partial charge in [0.25, 0.3) is 0 Å². The van der Waals surface area contributed by atoms with Crippen molar-refractivity contribution < 1.29 is 4.74 Å². The Bertz CT molecular complexity index is 484. The maximum Gasteiger partial charge on any atom is 0.129 e. The molecular weight excluding hydrogens is 282 g/mol. The highest BCUT2D eigenvalue weighted by atomic mass is 32.1. The van der Waals surface area contributed by atoms with Crippen LogP contribution in [0.3, 0.4) is 0 Å². The SMILES string of the molecule is CCCN1CCN(Cc2ccc(OC)c(C(N)=S)c2)CC1. The standard InChI is InChI=1S/C16H25N3OS/c1-3-6-18-7-9-19(10-8-18)12-13-4-5-15(20-2)14(11-13)16(17)21/h4-5,11H,3,6-10,12H2,1-2H3,(H2,17,21). The summed E-state index contributed by atoms with van der Waals surface area (Å²) in [5, 5.41) is 0. The van der Waals surface area contributed by atoms with E-state index < -0.39 is 0 Å². The normalized spacial score (nSPS) is 16.9. The van der Waals surface area contributed by atoms with Crippen molar-refractivity contribution in [3.8, 4) is 5.75 Å². The Hall–Kier alpha value is -1.17. The lowest BCUT2D eigenvalue weighted by molar-refractivity contribution is 0.127. The van der Waals surface area contributed by atoms with Gasteiger partial charge in [-0.25, -0.2) is 0 Å². The average Bonchev–Trinajstić information content (AvgIpc) is 2.49. The average molecular weight is 307 g/mol. The van der Waals surface area contributed by atoms with Crippen molar-refractivity contribution >= 4 is 17.2 Å². The van der Waals surface area contributed by atoms with Gasteiger partial charge in [-0.05, 0) is 30.7 Å². The molecule has 0 spiro atoms. The van der Waals surface area contributed by atoms with E-state index in [9.17, 15) is 0 Å². The van der Waals surface area contributed by atoms with E-state index in [4.69, 9.17) is 22.7 Å². The second-order valence-electron chi connectivity index (χ2n) is 5.52. The maximum absolute atomic E-state index is 5.77. The first-order chi connectivity index (χ1) is 10.1. The molecule has 1 saturated heterocycles. The van der Waals surface area contributed by atoms with Gasteiger partial charge in [-0.15, -0.1) is 0 Å². The molecule has 2 rings (SSSR count). The van der Waals surface area contributed by atoms with E-state index in [-0.39, 0.29) is 0 Å². The van der Waals surface area contributed by atoms with Gasteiger partial charge >= 0.3 is 0 Å². The molecule has 0 atom stereocenters. The molecule has 1 heterocycles. The highest BCUT2D eigenvalue weighted by Gasteiger charge is 2.17. The van der Waals surface area contributed by atoms with Gasteiger partial charge in [0.15, 0.2) is 0 Å². The lowest BCUT2D eigenvalue weighted by Gasteiger charge is -2.34. The van der Waals surface area contributed by atoms with E-state index >= 15 is 0 Å². The highest BCUT2D eigenvalue weighted by molar-refractivity contribution is 7.80. The van der Waals surface area contributed by atoms with E-state index in [0.29, 0.717) is 4.99 Å². The number of thiocarbonyl (C=S) groups is 1. The molecule has 1 aliphatic heterocycles. The third-order valence-electron chi connectivity index (χ3n) is 3.94. The van der Waals surface area contributed by atoms with Crippen LogP contribution in [0.4, 0.5) is 0 Å². The summed E-state index contributed by atoms with van der Waals surface area (Å²) in [4.78, 5) is 5.41. The Balaban J connectivity index is 1.97. The van der Waals surface area contributed by atoms with Crippen molar-refractivity contribution in [2.75, 3.05) is 39.8 Å². The van der Waals surface area contributed by atoms with E-state index in [1.807, 2.05) is 6.07 Å². The molecule has 0 radical (unpaired) electrons. The van der Waals surface area contributed by atoms with Gasteiger partial charge in [0.2, 0.25) is 0 Å². The van der Waals surface area contributed by atoms with Gasteiger partial charge in [0.1, 0.15) is 10.7 Å². The Kier molecular flexibility index (Phi) is 5.96. The number of ether oxygens (including phenoxy) is 1. The van der Waals surface area contributed by atoms with Crippen molar-refractivity contribution in [3.63, 3.8) is 0 Å². The first kappa shape index (κ1) is 16.2. The number of piperazine rings is 1. The molecular formula is C16H25N3OS. The minimum atomic E-state index is 0.390. The fourth-order valence-electron chi connectivity index (χ4n) is 2.79. The second-order valence-corrected chi connectivity index (χ2v) is 5.96. The zero-order valence-electron chi connectivity index (χ0n) is 13.0. The van der Waals surface area contributed by atoms with E-state index in [1.165, 1.54) is 18.5 Å². The summed E-state index contributed by atoms with van der Waals surface area (Å²) in [6.45, 7) is 8.95. The number of methoxy groups -OCH3 is 1. The molecule has 0 saturated carbocycles. The van der Waals surface area contributed by atoms with Crippen LogP contribution in [0.25, 0.3) is 0 Å². The van der Waals surface area contributed by atoms with Gasteiger partial charge in [0.05, 0.1) is 12.7 Å². The topological polar surface area (TPSA) is 41.7 Å². The largest absolute Gasteiger partial charge is 0.496 e. The summed E-state index contributed by atoms with van der Waals surface area (Å²) in [5.74, 6) is 0.749. The zero-order chi connectivity index (χ0) is 15.2. The van der Waals surface area contributed by atoms with Crippen molar-refractivity contribution in [2.24, 2.45) is 5.73 Å². The fourth-order valence-corrected chi connectivity index (χ4v) is 2.95. The summed E-state index contributed by atoms with van der Waals surface area (Å²) in [5.41, 5.74) is 7.84. The molecule has 1 fully saturated rings. The van der Waals surface area contributed by atoms with Crippen LogP contribution in [-0.4, -0.2) is 54.6 Å². The van der Waals surface area contributed by atoms with Gasteiger partial charge in [-0.1, -0.05) is 25.2 Å². The Morgan fingerprint density at radius 1 is 1.24 bits per heavy atom. The van der Waals surface area contributed by atoms with Crippen LogP contribution in [0.1, 0.15) is 24.5 Å². The lowest BCUT2D eigenvalue weighted by atomic mass is 10.1. The van der Waals surface area contributed by atoms with Gasteiger partial charge in [-0.2, -0.15) is 0 Å². The molecule has 1 aliphatic rings. The Morgan fingerprint density at radius 2 is 1.90 bits per heavy atom. The molecule has 0 amide bonds. The minimum Gasteiger partial charge on any atom is -0.496 e. The highest BCUT2D eigenvalue weighted by Crippen LogP contribution is 2.21. The van der Waals surface area contributed by atoms with Gasteiger partial charge < -0.3 is 15.4 Å². The van der Waals surface area contributed by atoms with E-state index in [0.717, 1.165) is 44.0 Å². The van der Waals surface area contributed by atoms with Gasteiger partial charge in [0, 0.05) is 32.7 Å². The maximum atomic E-state index is 5.77. The number of nitrogens with zero attached hydrogens (tertiary/aromatic N) is 2. The predicted octanol–water partition coefficient (Wildman–Crippen LogP) is 1.86. The number of hydrogen-bond donors (Lipinski definition) is 1. The van der Waals surface area contributed by atoms with E-state index in [1.54, 1.807) is 7.11 Å². The van der Waals surface area contributed by atoms with Crippen LogP contribution in [0.15, 0.2) is 18.2 Å². The Morgan fingerprint density at radius 3 is 2.48 bits per heavy atom. The first-order valence-corrected chi connectivity index (χ1v) is 7.96. The number of rotatable bonds is 6. The van der Waals surface area contributed by atoms with Crippen LogP contribution in [0.5, 0.6) is 5.75 Å². The van der Waals surface area contributed by atoms with Crippen LogP contribution < -0.4 is 10.5 Å². The molecule has 0 unspecified atom stereocenters. The minimum absolute atomic E-state index is 0.390. The third-order valence-corrected chi connectivity index (χ3v) is 4.16. The molecule has 4 nitrogen and oxygen atoms in total. The molecule has 1 aromatic rings. The zero-order valence-corrected chi connectivity index (χ0v) is 13.8. The predicted molar refractivity (Wildman–Crippen MR) is 90.9 cm³/mol. The molecule has 116 valence electrons. The smallest absolute Gasteiger partial charge is 0.129 e. The molecule has 1 aromatic carbocycles. The van der Waals surface area contributed by atoms with Crippen LogP contribution >= 0.6 is 12.2 Å². The second kappa shape index (κ2) is 7.73. The monoisotopic (exact) mass is 307 g/mol. The van der Waals surface area contributed by atoms with Crippen molar-refractivity contribution in [1.29, 1.82) is 0 Å². The number of benzene rings is 1. The summed E-state index contributed by atoms with van der Waals surface area (Å²) < 4.78 is 5.30. The van der Waals surface area contributed by atoms with Crippen LogP contribution in [0, 0.1) is 0 Å². The van der Waals surface area contributed by atoms with Gasteiger partial charge in [-0.3, -0.25) is 4.90 Å². The number of hydrogen-bond acceptors (Lipinski definition) is 4. The molecule has 0 aliphatic carbocycles. The summed E-state index contributed by atoms with van der Waals surface area (Å²) in [7, 11) is 1.64. The Labute approximate surface area is 132 Å². The number of nitrogens with two attached hydrogens (primary N) is 1. The van der Waals surface area contributed by atoms with Crippen LogP contribution in [-0.2, 0) is 6.54 Å². The van der Waals surface area contributed by atoms with E-state index in [2.05, 4.69) is 28.9 Å². The molecule has 0 aromatic heterocycles. The molecule has 0 bridgehead atoms. The quantitative estimate of drug-likeness (QED) is 0.813. The first-order valence-electron chi connectivity index (χ1n) is 7.55. The summed E-state index contributed by atoms with van der Waals surface area (Å²) >= 11 is 5.10. The third kappa shape index (κ3) is 4.40. The molecule has 5 heteroatoms. The van der Waals surface area contributed by atoms with Crippen LogP contribution in [0.2, 0.25) is 0 Å². The summed E-state index contributed by atoms with van der Waals surface area (Å²) in [6, 6.07) is 6.11. The molecule has 21 heavy (non-hydrogen) atoms. The fraction of sp³-hybridized carbons (Fsp3) is 0.562. The lowest BCUT2D eigenvalue weighted by Crippen LogP contribution is -2.45. The molecule has 2 N–H and O–H groups in total. The van der Waals surface area contributed by atoms with Crippen molar-refractivity contribution in [3.05, 3.63) is 29.3 Å². The van der Waals surface area contributed by atoms with Crippen molar-refractivity contribution in [2.45, 2.75) is 19.9 Å². The summed E-state index contributed by atoms with van der Waals surface area (Å²) in [6.07, 6.45) is 1.23. The van der Waals surface area contributed by atoms with Crippen molar-refractivity contribution in [1.82, 2.24) is 9.80 Å².